The van der Waals surface area contributed by atoms with E-state index < -0.39 is 15.8 Å². The molecule has 25 heavy (non-hydrogen) atoms. The van der Waals surface area contributed by atoms with Gasteiger partial charge in [0.15, 0.2) is 0 Å². The highest BCUT2D eigenvalue weighted by Crippen LogP contribution is 2.26. The van der Waals surface area contributed by atoms with Crippen molar-refractivity contribution in [2.24, 2.45) is 5.92 Å². The summed E-state index contributed by atoms with van der Waals surface area (Å²) in [6.07, 6.45) is 2.07. The van der Waals surface area contributed by atoms with Crippen LogP contribution in [0, 0.1) is 11.7 Å². The summed E-state index contributed by atoms with van der Waals surface area (Å²) < 4.78 is 43.2. The molecule has 1 aliphatic rings. The van der Waals surface area contributed by atoms with Crippen LogP contribution in [0.15, 0.2) is 47.5 Å². The summed E-state index contributed by atoms with van der Waals surface area (Å²) in [7, 11) is -2.45. The van der Waals surface area contributed by atoms with E-state index in [9.17, 15) is 17.6 Å². The van der Waals surface area contributed by atoms with Gasteiger partial charge < -0.3 is 9.88 Å². The van der Waals surface area contributed by atoms with E-state index in [4.69, 9.17) is 0 Å². The number of nitrogens with zero attached hydrogens (tertiary/aromatic N) is 2. The van der Waals surface area contributed by atoms with Crippen molar-refractivity contribution in [1.29, 1.82) is 0 Å². The van der Waals surface area contributed by atoms with Crippen LogP contribution in [-0.4, -0.2) is 36.8 Å². The molecule has 8 heteroatoms. The molecular weight excluding hydrogens is 345 g/mol. The zero-order chi connectivity index (χ0) is 18.0. The summed E-state index contributed by atoms with van der Waals surface area (Å²) in [5.41, 5.74) is 0.819. The predicted octanol–water partition coefficient (Wildman–Crippen LogP) is 1.58. The number of nitrogens with one attached hydrogen (secondary N) is 1. The summed E-state index contributed by atoms with van der Waals surface area (Å²) in [5, 5.41) is 2.57. The molecule has 2 heterocycles. The van der Waals surface area contributed by atoms with Gasteiger partial charge in [-0.25, -0.2) is 12.8 Å². The molecular formula is C17H20FN3O3S. The summed E-state index contributed by atoms with van der Waals surface area (Å²) in [6, 6.07) is 9.03. The second-order valence-electron chi connectivity index (χ2n) is 6.12. The number of aromatic nitrogens is 1. The fraction of sp³-hybridized carbons (Fsp3) is 0.353. The smallest absolute Gasteiger partial charge is 0.246 e. The van der Waals surface area contributed by atoms with Crippen LogP contribution in [0.25, 0.3) is 0 Å². The van der Waals surface area contributed by atoms with Gasteiger partial charge >= 0.3 is 0 Å². The number of halogens is 1. The van der Waals surface area contributed by atoms with E-state index in [2.05, 4.69) is 5.32 Å². The van der Waals surface area contributed by atoms with Crippen molar-refractivity contribution in [3.63, 3.8) is 0 Å². The minimum atomic E-state index is -4.00. The van der Waals surface area contributed by atoms with Crippen LogP contribution in [0.2, 0.25) is 0 Å². The van der Waals surface area contributed by atoms with Gasteiger partial charge in [-0.1, -0.05) is 12.1 Å². The van der Waals surface area contributed by atoms with Crippen LogP contribution in [0.5, 0.6) is 0 Å². The fourth-order valence-electron chi connectivity index (χ4n) is 3.11. The molecule has 0 saturated heterocycles. The highest BCUT2D eigenvalue weighted by Gasteiger charge is 2.33. The van der Waals surface area contributed by atoms with E-state index in [1.54, 1.807) is 7.05 Å². The Hall–Kier alpha value is -2.19. The molecule has 0 aliphatic carbocycles. The van der Waals surface area contributed by atoms with Gasteiger partial charge in [-0.15, -0.1) is 0 Å². The largest absolute Gasteiger partial charge is 0.359 e. The number of fused-ring (bicyclic) bond motifs is 1. The zero-order valence-electron chi connectivity index (χ0n) is 13.9. The second-order valence-corrected chi connectivity index (χ2v) is 8.03. The SMILES string of the molecule is CNC(=O)C[C@H]1CN(S(=O)(=O)c2ccccc2F)Cc2cccn2C1. The third-order valence-electron chi connectivity index (χ3n) is 4.39. The Morgan fingerprint density at radius 2 is 2.00 bits per heavy atom. The Morgan fingerprint density at radius 3 is 2.72 bits per heavy atom. The van der Waals surface area contributed by atoms with Crippen molar-refractivity contribution >= 4 is 15.9 Å². The van der Waals surface area contributed by atoms with E-state index in [0.717, 1.165) is 11.8 Å². The Labute approximate surface area is 146 Å². The normalized spacial score (nSPS) is 18.4. The van der Waals surface area contributed by atoms with Crippen LogP contribution in [-0.2, 0) is 27.9 Å². The number of rotatable bonds is 4. The van der Waals surface area contributed by atoms with Gasteiger partial charge in [0.25, 0.3) is 0 Å². The molecule has 1 aliphatic heterocycles. The van der Waals surface area contributed by atoms with Crippen molar-refractivity contribution in [1.82, 2.24) is 14.2 Å². The molecule has 0 saturated carbocycles. The van der Waals surface area contributed by atoms with Gasteiger partial charge in [0.05, 0.1) is 6.54 Å². The lowest BCUT2D eigenvalue weighted by Gasteiger charge is -2.23. The molecule has 134 valence electrons. The van der Waals surface area contributed by atoms with Crippen LogP contribution in [0.4, 0.5) is 4.39 Å². The van der Waals surface area contributed by atoms with Crippen molar-refractivity contribution in [3.05, 3.63) is 54.1 Å². The standard InChI is InChI=1S/C17H20FN3O3S/c1-19-17(22)9-13-10-20-8-4-5-14(20)12-21(11-13)25(23,24)16-7-3-2-6-15(16)18/h2-8,13H,9-12H2,1H3,(H,19,22)/t13-/m1/s1. The summed E-state index contributed by atoms with van der Waals surface area (Å²) >= 11 is 0. The number of hydrogen-bond acceptors (Lipinski definition) is 3. The maximum atomic E-state index is 14.1. The number of carbonyl (C=O) groups excluding carboxylic acids is 1. The third kappa shape index (κ3) is 3.59. The van der Waals surface area contributed by atoms with Crippen molar-refractivity contribution in [2.75, 3.05) is 13.6 Å². The molecule has 0 spiro atoms. The lowest BCUT2D eigenvalue weighted by atomic mass is 10.1. The van der Waals surface area contributed by atoms with Crippen LogP contribution in [0.1, 0.15) is 12.1 Å². The first kappa shape index (κ1) is 17.6. The van der Waals surface area contributed by atoms with Gasteiger partial charge in [0.1, 0.15) is 10.7 Å². The number of amides is 1. The number of sulfonamides is 1. The minimum Gasteiger partial charge on any atom is -0.359 e. The highest BCUT2D eigenvalue weighted by atomic mass is 32.2. The van der Waals surface area contributed by atoms with Gasteiger partial charge in [-0.3, -0.25) is 4.79 Å². The Balaban J connectivity index is 1.97. The molecule has 0 fully saturated rings. The topological polar surface area (TPSA) is 71.4 Å². The first-order valence-electron chi connectivity index (χ1n) is 8.01. The Kier molecular flexibility index (Phi) is 4.91. The maximum Gasteiger partial charge on any atom is 0.246 e. The Morgan fingerprint density at radius 1 is 1.24 bits per heavy atom. The molecule has 1 aromatic carbocycles. The second kappa shape index (κ2) is 6.97. The van der Waals surface area contributed by atoms with Crippen molar-refractivity contribution in [3.8, 4) is 0 Å². The first-order valence-corrected chi connectivity index (χ1v) is 9.45. The van der Waals surface area contributed by atoms with Gasteiger partial charge in [0, 0.05) is 38.4 Å². The first-order chi connectivity index (χ1) is 11.9. The molecule has 6 nitrogen and oxygen atoms in total. The lowest BCUT2D eigenvalue weighted by Crippen LogP contribution is -2.36. The molecule has 0 bridgehead atoms. The zero-order valence-corrected chi connectivity index (χ0v) is 14.7. The summed E-state index contributed by atoms with van der Waals surface area (Å²) in [5.74, 6) is -1.12. The van der Waals surface area contributed by atoms with Gasteiger partial charge in [-0.05, 0) is 30.2 Å². The Bertz CT molecular complexity index is 879. The monoisotopic (exact) mass is 365 g/mol. The molecule has 3 rings (SSSR count). The van der Waals surface area contributed by atoms with Crippen LogP contribution >= 0.6 is 0 Å². The van der Waals surface area contributed by atoms with E-state index in [0.29, 0.717) is 6.54 Å². The average molecular weight is 365 g/mol. The molecule has 0 unspecified atom stereocenters. The summed E-state index contributed by atoms with van der Waals surface area (Å²) in [6.45, 7) is 0.846. The quantitative estimate of drug-likeness (QED) is 0.894. The van der Waals surface area contributed by atoms with E-state index in [1.165, 1.54) is 22.5 Å². The number of benzene rings is 1. The summed E-state index contributed by atoms with van der Waals surface area (Å²) in [4.78, 5) is 11.4. The number of carbonyl (C=O) groups is 1. The average Bonchev–Trinajstić information content (AvgIpc) is 2.93. The molecule has 1 N–H and O–H groups in total. The minimum absolute atomic E-state index is 0.147. The van der Waals surface area contributed by atoms with E-state index >= 15 is 0 Å². The maximum absolute atomic E-state index is 14.1. The van der Waals surface area contributed by atoms with Gasteiger partial charge in [-0.2, -0.15) is 4.31 Å². The molecule has 1 amide bonds. The lowest BCUT2D eigenvalue weighted by molar-refractivity contribution is -0.121. The predicted molar refractivity (Wildman–Crippen MR) is 90.6 cm³/mol. The fourth-order valence-corrected chi connectivity index (χ4v) is 4.66. The van der Waals surface area contributed by atoms with Crippen molar-refractivity contribution in [2.45, 2.75) is 24.4 Å². The molecule has 1 aromatic heterocycles. The van der Waals surface area contributed by atoms with E-state index in [1.807, 2.05) is 22.9 Å². The van der Waals surface area contributed by atoms with Gasteiger partial charge in [0.2, 0.25) is 15.9 Å². The molecule has 0 radical (unpaired) electrons. The van der Waals surface area contributed by atoms with Crippen LogP contribution in [0.3, 0.4) is 0 Å². The van der Waals surface area contributed by atoms with Crippen LogP contribution < -0.4 is 5.32 Å². The molecule has 1 atom stereocenters. The third-order valence-corrected chi connectivity index (χ3v) is 6.23. The molecule has 2 aromatic rings. The number of hydrogen-bond donors (Lipinski definition) is 1. The highest BCUT2D eigenvalue weighted by molar-refractivity contribution is 7.89. The van der Waals surface area contributed by atoms with E-state index in [-0.39, 0.29) is 36.2 Å². The van der Waals surface area contributed by atoms with Crippen molar-refractivity contribution < 1.29 is 17.6 Å².